The predicted molar refractivity (Wildman–Crippen MR) is 120 cm³/mol. The number of fused-ring (bicyclic) bond motifs is 1. The number of hydrogen-bond donors (Lipinski definition) is 1. The van der Waals surface area contributed by atoms with Crippen molar-refractivity contribution in [2.24, 2.45) is 0 Å². The van der Waals surface area contributed by atoms with Crippen LogP contribution in [0.3, 0.4) is 0 Å². The Hall–Kier alpha value is -2.93. The normalized spacial score (nSPS) is 11.1. The van der Waals surface area contributed by atoms with Crippen LogP contribution in [0.4, 0.5) is 11.5 Å². The van der Waals surface area contributed by atoms with Gasteiger partial charge in [0.25, 0.3) is 0 Å². The summed E-state index contributed by atoms with van der Waals surface area (Å²) < 4.78 is 2.74. The molecule has 0 radical (unpaired) electrons. The Labute approximate surface area is 180 Å². The minimum absolute atomic E-state index is 0.282. The van der Waals surface area contributed by atoms with Gasteiger partial charge in [-0.15, -0.1) is 11.3 Å². The van der Waals surface area contributed by atoms with E-state index in [2.05, 4.69) is 38.5 Å². The average molecular weight is 438 g/mol. The third kappa shape index (κ3) is 3.46. The largest absolute Gasteiger partial charge is 0.339 e. The van der Waals surface area contributed by atoms with Crippen LogP contribution in [-0.4, -0.2) is 19.5 Å². The molecule has 0 atom stereocenters. The van der Waals surface area contributed by atoms with Crippen LogP contribution in [-0.2, 0) is 0 Å². The third-order valence-corrected chi connectivity index (χ3v) is 6.36. The molecule has 0 amide bonds. The van der Waals surface area contributed by atoms with Crippen molar-refractivity contribution in [3.63, 3.8) is 0 Å². The molecule has 0 saturated heterocycles. The highest BCUT2D eigenvalue weighted by molar-refractivity contribution is 7.22. The van der Waals surface area contributed by atoms with E-state index in [9.17, 15) is 0 Å². The quantitative estimate of drug-likeness (QED) is 0.344. The highest BCUT2D eigenvalue weighted by Crippen LogP contribution is 2.36. The second-order valence-electron chi connectivity index (χ2n) is 6.28. The standard InChI is InChI=1S/C21H13Cl2N5S/c22-19-20(23)28(12-26-19)15-8-6-14(7-9-15)27-21-18-16(24-11-25-21)10-17(29-18)13-4-2-1-3-5-13/h1-12H,(H,24,25,27). The lowest BCUT2D eigenvalue weighted by Crippen LogP contribution is -1.96. The Kier molecular flexibility index (Phi) is 4.67. The van der Waals surface area contributed by atoms with Crippen LogP contribution in [0, 0.1) is 0 Å². The van der Waals surface area contributed by atoms with Gasteiger partial charge in [-0.05, 0) is 35.9 Å². The molecular weight excluding hydrogens is 425 g/mol. The van der Waals surface area contributed by atoms with E-state index in [1.807, 2.05) is 42.5 Å². The molecule has 0 aliphatic rings. The number of anilines is 2. The van der Waals surface area contributed by atoms with Crippen LogP contribution < -0.4 is 5.32 Å². The fourth-order valence-electron chi connectivity index (χ4n) is 3.02. The fourth-order valence-corrected chi connectivity index (χ4v) is 4.41. The number of nitrogens with zero attached hydrogens (tertiary/aromatic N) is 4. The number of nitrogens with one attached hydrogen (secondary N) is 1. The van der Waals surface area contributed by atoms with Gasteiger partial charge in [-0.3, -0.25) is 4.57 Å². The molecular formula is C21H13Cl2N5S. The van der Waals surface area contributed by atoms with Crippen LogP contribution in [0.15, 0.2) is 73.3 Å². The van der Waals surface area contributed by atoms with E-state index in [1.54, 1.807) is 28.6 Å². The van der Waals surface area contributed by atoms with Crippen molar-refractivity contribution < 1.29 is 0 Å². The summed E-state index contributed by atoms with van der Waals surface area (Å²) in [4.78, 5) is 14.0. The first-order valence-electron chi connectivity index (χ1n) is 8.75. The fraction of sp³-hybridized carbons (Fsp3) is 0. The van der Waals surface area contributed by atoms with E-state index in [0.29, 0.717) is 5.15 Å². The molecule has 142 valence electrons. The maximum atomic E-state index is 6.17. The Morgan fingerprint density at radius 1 is 0.897 bits per heavy atom. The molecule has 29 heavy (non-hydrogen) atoms. The molecule has 0 aliphatic heterocycles. The van der Waals surface area contributed by atoms with E-state index in [0.717, 1.165) is 32.3 Å². The zero-order chi connectivity index (χ0) is 19.8. The summed E-state index contributed by atoms with van der Waals surface area (Å²) >= 11 is 13.8. The lowest BCUT2D eigenvalue weighted by atomic mass is 10.2. The summed E-state index contributed by atoms with van der Waals surface area (Å²) in [5, 5.41) is 4.05. The van der Waals surface area contributed by atoms with Gasteiger partial charge >= 0.3 is 0 Å². The van der Waals surface area contributed by atoms with E-state index in [-0.39, 0.29) is 5.15 Å². The SMILES string of the molecule is Clc1ncn(-c2ccc(Nc3ncnc4cc(-c5ccccc5)sc34)cc2)c1Cl. The molecule has 8 heteroatoms. The van der Waals surface area contributed by atoms with Crippen LogP contribution in [0.25, 0.3) is 26.3 Å². The molecule has 5 nitrogen and oxygen atoms in total. The monoisotopic (exact) mass is 437 g/mol. The van der Waals surface area contributed by atoms with Crippen molar-refractivity contribution in [3.8, 4) is 16.1 Å². The average Bonchev–Trinajstić information content (AvgIpc) is 3.34. The Bertz CT molecular complexity index is 1300. The minimum Gasteiger partial charge on any atom is -0.339 e. The van der Waals surface area contributed by atoms with E-state index >= 15 is 0 Å². The molecule has 1 N–H and O–H groups in total. The van der Waals surface area contributed by atoms with Gasteiger partial charge < -0.3 is 5.32 Å². The highest BCUT2D eigenvalue weighted by Gasteiger charge is 2.11. The molecule has 0 bridgehead atoms. The molecule has 2 aromatic carbocycles. The third-order valence-electron chi connectivity index (χ3n) is 4.45. The summed E-state index contributed by atoms with van der Waals surface area (Å²) in [6.07, 6.45) is 3.17. The summed E-state index contributed by atoms with van der Waals surface area (Å²) in [5.74, 6) is 0.777. The maximum Gasteiger partial charge on any atom is 0.166 e. The molecule has 0 saturated carbocycles. The minimum atomic E-state index is 0.282. The van der Waals surface area contributed by atoms with Gasteiger partial charge in [0.1, 0.15) is 12.7 Å². The van der Waals surface area contributed by atoms with Crippen molar-refractivity contribution in [1.29, 1.82) is 0 Å². The van der Waals surface area contributed by atoms with E-state index in [4.69, 9.17) is 23.2 Å². The zero-order valence-electron chi connectivity index (χ0n) is 14.9. The Balaban J connectivity index is 1.46. The predicted octanol–water partition coefficient (Wildman–Crippen LogP) is 6.59. The molecule has 5 aromatic rings. The number of halogens is 2. The number of hydrogen-bond acceptors (Lipinski definition) is 5. The van der Waals surface area contributed by atoms with Crippen molar-refractivity contribution in [2.75, 3.05) is 5.32 Å². The molecule has 3 aromatic heterocycles. The lowest BCUT2D eigenvalue weighted by Gasteiger charge is -2.08. The van der Waals surface area contributed by atoms with Gasteiger partial charge in [0.05, 0.1) is 10.2 Å². The molecule has 0 unspecified atom stereocenters. The van der Waals surface area contributed by atoms with Crippen LogP contribution in [0.2, 0.25) is 10.3 Å². The topological polar surface area (TPSA) is 55.6 Å². The summed E-state index contributed by atoms with van der Waals surface area (Å²) in [6, 6.07) is 20.2. The zero-order valence-corrected chi connectivity index (χ0v) is 17.2. The highest BCUT2D eigenvalue weighted by atomic mass is 35.5. The van der Waals surface area contributed by atoms with Gasteiger partial charge in [-0.2, -0.15) is 0 Å². The maximum absolute atomic E-state index is 6.17. The summed E-state index contributed by atoms with van der Waals surface area (Å²) in [6.45, 7) is 0. The number of benzene rings is 2. The van der Waals surface area contributed by atoms with Gasteiger partial charge in [-0.25, -0.2) is 15.0 Å². The summed E-state index contributed by atoms with van der Waals surface area (Å²) in [7, 11) is 0. The van der Waals surface area contributed by atoms with Crippen LogP contribution in [0.1, 0.15) is 0 Å². The van der Waals surface area contributed by atoms with Gasteiger partial charge in [-0.1, -0.05) is 53.5 Å². The number of aromatic nitrogens is 4. The van der Waals surface area contributed by atoms with E-state index < -0.39 is 0 Å². The second-order valence-corrected chi connectivity index (χ2v) is 8.05. The number of imidazole rings is 1. The van der Waals surface area contributed by atoms with Crippen molar-refractivity contribution in [1.82, 2.24) is 19.5 Å². The second kappa shape index (κ2) is 7.48. The molecule has 3 heterocycles. The van der Waals surface area contributed by atoms with Crippen LogP contribution in [0.5, 0.6) is 0 Å². The molecule has 5 rings (SSSR count). The molecule has 0 spiro atoms. The lowest BCUT2D eigenvalue weighted by molar-refractivity contribution is 1.06. The van der Waals surface area contributed by atoms with Crippen LogP contribution >= 0.6 is 34.5 Å². The van der Waals surface area contributed by atoms with Gasteiger partial charge in [0.2, 0.25) is 0 Å². The Morgan fingerprint density at radius 3 is 2.41 bits per heavy atom. The molecule has 0 fully saturated rings. The smallest absolute Gasteiger partial charge is 0.166 e. The van der Waals surface area contributed by atoms with Crippen molar-refractivity contribution in [2.45, 2.75) is 0 Å². The first kappa shape index (κ1) is 18.1. The van der Waals surface area contributed by atoms with Gasteiger partial charge in [0.15, 0.2) is 16.1 Å². The van der Waals surface area contributed by atoms with Crippen molar-refractivity contribution >= 4 is 56.3 Å². The van der Waals surface area contributed by atoms with Gasteiger partial charge in [0, 0.05) is 16.3 Å². The molecule has 0 aliphatic carbocycles. The Morgan fingerprint density at radius 2 is 1.69 bits per heavy atom. The summed E-state index contributed by atoms with van der Waals surface area (Å²) in [5.41, 5.74) is 3.87. The first-order chi connectivity index (χ1) is 14.2. The first-order valence-corrected chi connectivity index (χ1v) is 10.3. The van der Waals surface area contributed by atoms with E-state index in [1.165, 1.54) is 5.56 Å². The number of rotatable bonds is 4. The van der Waals surface area contributed by atoms with Crippen molar-refractivity contribution in [3.05, 3.63) is 83.6 Å². The number of thiophene rings is 1.